The number of ether oxygens (including phenoxy) is 1. The molecule has 20 heavy (non-hydrogen) atoms. The lowest BCUT2D eigenvalue weighted by Crippen LogP contribution is -2.33. The lowest BCUT2D eigenvalue weighted by molar-refractivity contribution is -0.0410. The van der Waals surface area contributed by atoms with Crippen molar-refractivity contribution in [2.75, 3.05) is 0 Å². The maximum Gasteiger partial charge on any atom is 0.147 e. The van der Waals surface area contributed by atoms with Crippen molar-refractivity contribution in [2.24, 2.45) is 0 Å². The Hall–Kier alpha value is -1.83. The van der Waals surface area contributed by atoms with E-state index in [1.54, 1.807) is 12.3 Å². The average Bonchev–Trinajstić information content (AvgIpc) is 2.89. The van der Waals surface area contributed by atoms with Crippen molar-refractivity contribution in [2.45, 2.75) is 32.5 Å². The fourth-order valence-corrected chi connectivity index (χ4v) is 2.70. The van der Waals surface area contributed by atoms with Gasteiger partial charge in [-0.15, -0.1) is 0 Å². The van der Waals surface area contributed by atoms with Gasteiger partial charge in [-0.3, -0.25) is 0 Å². The zero-order valence-corrected chi connectivity index (χ0v) is 12.0. The predicted molar refractivity (Wildman–Crippen MR) is 74.2 cm³/mol. The van der Waals surface area contributed by atoms with Gasteiger partial charge in [0.15, 0.2) is 0 Å². The van der Waals surface area contributed by atoms with E-state index in [4.69, 9.17) is 20.8 Å². The number of aromatic nitrogens is 1. The number of fused-ring (bicyclic) bond motifs is 1. The first-order valence-electron chi connectivity index (χ1n) is 6.31. The standard InChI is InChI=1S/C15H13ClN2O2/c1-15(2)6-11-10(8-20-15)13(12-4-3-5-19-12)9(7-17)14(16)18-11/h3-5H,6,8H2,1-2H3. The third kappa shape index (κ3) is 2.09. The van der Waals surface area contributed by atoms with Crippen molar-refractivity contribution in [3.05, 3.63) is 40.4 Å². The van der Waals surface area contributed by atoms with Crippen molar-refractivity contribution < 1.29 is 9.15 Å². The maximum absolute atomic E-state index is 9.35. The molecule has 4 nitrogen and oxygen atoms in total. The Morgan fingerprint density at radius 3 is 2.90 bits per heavy atom. The largest absolute Gasteiger partial charge is 0.464 e. The quantitative estimate of drug-likeness (QED) is 0.750. The molecule has 3 heterocycles. The summed E-state index contributed by atoms with van der Waals surface area (Å²) in [5.74, 6) is 0.616. The second-order valence-electron chi connectivity index (χ2n) is 5.39. The number of nitrogens with zero attached hydrogens (tertiary/aromatic N) is 2. The molecule has 0 aromatic carbocycles. The van der Waals surface area contributed by atoms with Crippen molar-refractivity contribution in [3.63, 3.8) is 0 Å². The molecule has 0 N–H and O–H groups in total. The van der Waals surface area contributed by atoms with E-state index in [0.717, 1.165) is 11.3 Å². The number of nitriles is 1. The van der Waals surface area contributed by atoms with Gasteiger partial charge < -0.3 is 9.15 Å². The topological polar surface area (TPSA) is 59.0 Å². The van der Waals surface area contributed by atoms with Crippen LogP contribution in [0.15, 0.2) is 22.8 Å². The molecular weight excluding hydrogens is 276 g/mol. The highest BCUT2D eigenvalue weighted by Gasteiger charge is 2.31. The molecule has 2 aromatic heterocycles. The molecule has 0 radical (unpaired) electrons. The summed E-state index contributed by atoms with van der Waals surface area (Å²) in [4.78, 5) is 4.37. The molecule has 3 rings (SSSR count). The summed E-state index contributed by atoms with van der Waals surface area (Å²) in [5, 5.41) is 9.56. The van der Waals surface area contributed by atoms with Gasteiger partial charge in [-0.1, -0.05) is 11.6 Å². The van der Waals surface area contributed by atoms with E-state index in [0.29, 0.717) is 29.9 Å². The van der Waals surface area contributed by atoms with Crippen LogP contribution in [0.2, 0.25) is 5.15 Å². The molecule has 102 valence electrons. The number of furan rings is 1. The second kappa shape index (κ2) is 4.62. The van der Waals surface area contributed by atoms with Crippen LogP contribution >= 0.6 is 11.6 Å². The van der Waals surface area contributed by atoms with Gasteiger partial charge in [-0.25, -0.2) is 4.98 Å². The van der Waals surface area contributed by atoms with E-state index in [2.05, 4.69) is 11.1 Å². The van der Waals surface area contributed by atoms with Crippen LogP contribution in [0, 0.1) is 11.3 Å². The third-order valence-corrected chi connectivity index (χ3v) is 3.69. The summed E-state index contributed by atoms with van der Waals surface area (Å²) < 4.78 is 11.3. The summed E-state index contributed by atoms with van der Waals surface area (Å²) in [7, 11) is 0. The Bertz CT molecular complexity index is 700. The molecule has 2 aromatic rings. The molecule has 1 aliphatic rings. The third-order valence-electron chi connectivity index (χ3n) is 3.42. The van der Waals surface area contributed by atoms with Crippen molar-refractivity contribution in [1.82, 2.24) is 4.98 Å². The minimum absolute atomic E-state index is 0.218. The highest BCUT2D eigenvalue weighted by Crippen LogP contribution is 2.38. The van der Waals surface area contributed by atoms with Gasteiger partial charge in [0, 0.05) is 17.5 Å². The van der Waals surface area contributed by atoms with E-state index in [1.165, 1.54) is 0 Å². The van der Waals surface area contributed by atoms with E-state index in [9.17, 15) is 5.26 Å². The highest BCUT2D eigenvalue weighted by molar-refractivity contribution is 6.31. The zero-order valence-electron chi connectivity index (χ0n) is 11.2. The molecule has 0 aliphatic carbocycles. The fourth-order valence-electron chi connectivity index (χ4n) is 2.46. The molecule has 0 spiro atoms. The smallest absolute Gasteiger partial charge is 0.147 e. The first-order chi connectivity index (χ1) is 9.52. The number of halogens is 1. The van der Waals surface area contributed by atoms with E-state index in [-0.39, 0.29) is 10.8 Å². The Morgan fingerprint density at radius 1 is 1.45 bits per heavy atom. The summed E-state index contributed by atoms with van der Waals surface area (Å²) in [5.41, 5.74) is 2.52. The molecule has 0 fully saturated rings. The molecule has 5 heteroatoms. The molecule has 0 amide bonds. The lowest BCUT2D eigenvalue weighted by atomic mass is 9.91. The summed E-state index contributed by atoms with van der Waals surface area (Å²) in [6, 6.07) is 5.71. The van der Waals surface area contributed by atoms with Crippen LogP contribution in [0.25, 0.3) is 11.3 Å². The molecule has 1 aliphatic heterocycles. The van der Waals surface area contributed by atoms with Crippen LogP contribution in [0.4, 0.5) is 0 Å². The fraction of sp³-hybridized carbons (Fsp3) is 0.333. The Morgan fingerprint density at radius 2 is 2.25 bits per heavy atom. The predicted octanol–water partition coefficient (Wildman–Crippen LogP) is 3.72. The van der Waals surface area contributed by atoms with Crippen LogP contribution in [-0.4, -0.2) is 10.6 Å². The van der Waals surface area contributed by atoms with Crippen molar-refractivity contribution in [3.8, 4) is 17.4 Å². The molecule has 0 saturated heterocycles. The Balaban J connectivity index is 2.27. The Kier molecular flexibility index (Phi) is 3.04. The molecule has 0 atom stereocenters. The first kappa shape index (κ1) is 13.2. The van der Waals surface area contributed by atoms with Gasteiger partial charge in [0.05, 0.1) is 24.2 Å². The highest BCUT2D eigenvalue weighted by atomic mass is 35.5. The van der Waals surface area contributed by atoms with Crippen LogP contribution in [0.1, 0.15) is 30.7 Å². The maximum atomic E-state index is 9.35. The molecular formula is C15H13ClN2O2. The van der Waals surface area contributed by atoms with E-state index < -0.39 is 0 Å². The summed E-state index contributed by atoms with van der Waals surface area (Å²) >= 11 is 6.16. The van der Waals surface area contributed by atoms with E-state index in [1.807, 2.05) is 19.9 Å². The molecule has 0 unspecified atom stereocenters. The molecule has 0 bridgehead atoms. The van der Waals surface area contributed by atoms with Crippen LogP contribution in [0.3, 0.4) is 0 Å². The van der Waals surface area contributed by atoms with Crippen LogP contribution < -0.4 is 0 Å². The second-order valence-corrected chi connectivity index (χ2v) is 5.75. The van der Waals surface area contributed by atoms with Gasteiger partial charge in [0.1, 0.15) is 22.5 Å². The number of hydrogen-bond donors (Lipinski definition) is 0. The van der Waals surface area contributed by atoms with Crippen LogP contribution in [0.5, 0.6) is 0 Å². The lowest BCUT2D eigenvalue weighted by Gasteiger charge is -2.32. The van der Waals surface area contributed by atoms with Gasteiger partial charge in [0.2, 0.25) is 0 Å². The van der Waals surface area contributed by atoms with Gasteiger partial charge in [-0.2, -0.15) is 5.26 Å². The van der Waals surface area contributed by atoms with Gasteiger partial charge in [0.25, 0.3) is 0 Å². The Labute approximate surface area is 121 Å². The number of hydrogen-bond acceptors (Lipinski definition) is 4. The van der Waals surface area contributed by atoms with Crippen molar-refractivity contribution in [1.29, 1.82) is 5.26 Å². The van der Waals surface area contributed by atoms with E-state index >= 15 is 0 Å². The minimum atomic E-state index is -0.280. The zero-order chi connectivity index (χ0) is 14.3. The first-order valence-corrected chi connectivity index (χ1v) is 6.69. The van der Waals surface area contributed by atoms with Gasteiger partial charge in [-0.05, 0) is 26.0 Å². The monoisotopic (exact) mass is 288 g/mol. The minimum Gasteiger partial charge on any atom is -0.464 e. The van der Waals surface area contributed by atoms with Gasteiger partial charge >= 0.3 is 0 Å². The normalized spacial score (nSPS) is 16.5. The number of rotatable bonds is 1. The van der Waals surface area contributed by atoms with Crippen LogP contribution in [-0.2, 0) is 17.8 Å². The summed E-state index contributed by atoms with van der Waals surface area (Å²) in [6.07, 6.45) is 2.23. The molecule has 0 saturated carbocycles. The number of pyridine rings is 1. The average molecular weight is 289 g/mol. The summed E-state index contributed by atoms with van der Waals surface area (Å²) in [6.45, 7) is 4.42. The SMILES string of the molecule is CC1(C)Cc2nc(Cl)c(C#N)c(-c3ccco3)c2CO1. The van der Waals surface area contributed by atoms with Crippen molar-refractivity contribution >= 4 is 11.6 Å².